The van der Waals surface area contributed by atoms with Gasteiger partial charge in [0.25, 0.3) is 11.5 Å². The molecule has 0 saturated carbocycles. The van der Waals surface area contributed by atoms with Crippen molar-refractivity contribution in [1.82, 2.24) is 0 Å². The summed E-state index contributed by atoms with van der Waals surface area (Å²) in [5, 5.41) is 12.7. The number of ketones is 1. The van der Waals surface area contributed by atoms with E-state index in [2.05, 4.69) is 15.9 Å². The third-order valence-corrected chi connectivity index (χ3v) is 3.67. The molecule has 3 rings (SSSR count). The Labute approximate surface area is 122 Å². The maximum Gasteiger partial charge on any atom is 0.272 e. The molecule has 1 aliphatic heterocycles. The van der Waals surface area contributed by atoms with E-state index in [0.717, 1.165) is 4.47 Å². The summed E-state index contributed by atoms with van der Waals surface area (Å²) >= 11 is 9.19. The minimum atomic E-state index is -0.278. The van der Waals surface area contributed by atoms with E-state index >= 15 is 0 Å². The molecule has 0 bridgehead atoms. The molecule has 94 valence electrons. The van der Waals surface area contributed by atoms with Crippen molar-refractivity contribution < 1.29 is 9.53 Å². The van der Waals surface area contributed by atoms with Crippen LogP contribution in [0.25, 0.3) is 0 Å². The number of carbonyl (C=O) groups is 1. The van der Waals surface area contributed by atoms with Gasteiger partial charge < -0.3 is 5.21 Å². The van der Waals surface area contributed by atoms with Crippen LogP contribution in [-0.2, 0) is 0 Å². The monoisotopic (exact) mass is 335 g/mol. The average Bonchev–Trinajstić information content (AvgIpc) is 2.61. The fourth-order valence-electron chi connectivity index (χ4n) is 2.09. The molecule has 19 heavy (non-hydrogen) atoms. The molecule has 0 amide bonds. The highest BCUT2D eigenvalue weighted by atomic mass is 79.9. The molecule has 0 saturated heterocycles. The number of hydrogen-bond acceptors (Lipinski definition) is 2. The van der Waals surface area contributed by atoms with Crippen molar-refractivity contribution in [2.45, 2.75) is 0 Å². The van der Waals surface area contributed by atoms with E-state index < -0.39 is 0 Å². The molecule has 1 aliphatic rings. The van der Waals surface area contributed by atoms with E-state index in [9.17, 15) is 10.0 Å². The van der Waals surface area contributed by atoms with E-state index in [-0.39, 0.29) is 11.5 Å². The minimum absolute atomic E-state index is 0.124. The topological polar surface area (TPSA) is 43.1 Å². The van der Waals surface area contributed by atoms with Gasteiger partial charge in [-0.15, -0.1) is 0 Å². The summed E-state index contributed by atoms with van der Waals surface area (Å²) in [5.74, 6) is -0.278. The van der Waals surface area contributed by atoms with Gasteiger partial charge in [-0.1, -0.05) is 33.6 Å². The molecule has 2 aromatic rings. The molecule has 1 heterocycles. The van der Waals surface area contributed by atoms with Crippen molar-refractivity contribution in [3.05, 3.63) is 68.3 Å². The van der Waals surface area contributed by atoms with Crippen LogP contribution in [0.5, 0.6) is 0 Å². The van der Waals surface area contributed by atoms with Crippen LogP contribution < -0.4 is 0 Å². The van der Waals surface area contributed by atoms with Gasteiger partial charge in [0, 0.05) is 15.6 Å². The second-order valence-corrected chi connectivity index (χ2v) is 5.50. The van der Waals surface area contributed by atoms with Gasteiger partial charge >= 0.3 is 0 Å². The summed E-state index contributed by atoms with van der Waals surface area (Å²) < 4.78 is 1.46. The normalized spacial score (nSPS) is 13.9. The van der Waals surface area contributed by atoms with Crippen molar-refractivity contribution >= 4 is 44.7 Å². The third kappa shape index (κ3) is 1.97. The van der Waals surface area contributed by atoms with Crippen molar-refractivity contribution in [1.29, 1.82) is 0 Å². The molecule has 0 fully saturated rings. The highest BCUT2D eigenvalue weighted by Crippen LogP contribution is 2.31. The van der Waals surface area contributed by atoms with Gasteiger partial charge in [0.05, 0.1) is 5.56 Å². The Morgan fingerprint density at radius 2 is 1.95 bits per heavy atom. The lowest BCUT2D eigenvalue weighted by atomic mass is 10.0. The van der Waals surface area contributed by atoms with Crippen molar-refractivity contribution in [3.63, 3.8) is 0 Å². The molecule has 3 nitrogen and oxygen atoms in total. The molecular formula is C14H7BrClNO2. The Kier molecular flexibility index (Phi) is 2.92. The lowest BCUT2D eigenvalue weighted by molar-refractivity contribution is -0.355. The molecule has 0 aromatic heterocycles. The van der Waals surface area contributed by atoms with Crippen LogP contribution in [0.4, 0.5) is 5.69 Å². The smallest absolute Gasteiger partial charge is 0.272 e. The highest BCUT2D eigenvalue weighted by Gasteiger charge is 2.36. The first-order valence-corrected chi connectivity index (χ1v) is 6.69. The Balaban J connectivity index is 2.22. The Hall–Kier alpha value is -1.65. The summed E-state index contributed by atoms with van der Waals surface area (Å²) in [6.45, 7) is 0. The van der Waals surface area contributed by atoms with Crippen LogP contribution in [0.1, 0.15) is 15.9 Å². The maximum atomic E-state index is 12.3. The number of benzene rings is 2. The molecule has 0 radical (unpaired) electrons. The van der Waals surface area contributed by atoms with Gasteiger partial charge in [-0.3, -0.25) is 4.79 Å². The van der Waals surface area contributed by atoms with E-state index in [0.29, 0.717) is 26.6 Å². The van der Waals surface area contributed by atoms with Gasteiger partial charge in [0.1, 0.15) is 5.56 Å². The van der Waals surface area contributed by atoms with E-state index in [1.807, 2.05) is 6.07 Å². The largest absolute Gasteiger partial charge is 0.618 e. The lowest BCUT2D eigenvalue weighted by Gasteiger charge is -2.02. The summed E-state index contributed by atoms with van der Waals surface area (Å²) in [6.07, 6.45) is 0. The first kappa shape index (κ1) is 12.4. The predicted molar refractivity (Wildman–Crippen MR) is 77.3 cm³/mol. The number of rotatable bonds is 1. The Morgan fingerprint density at radius 3 is 2.68 bits per heavy atom. The van der Waals surface area contributed by atoms with Gasteiger partial charge in [-0.25, -0.2) is 0 Å². The molecule has 0 atom stereocenters. The highest BCUT2D eigenvalue weighted by molar-refractivity contribution is 9.10. The first-order valence-electron chi connectivity index (χ1n) is 5.52. The predicted octanol–water partition coefficient (Wildman–Crippen LogP) is 3.93. The van der Waals surface area contributed by atoms with Crippen LogP contribution in [0.3, 0.4) is 0 Å². The van der Waals surface area contributed by atoms with Gasteiger partial charge in [0.2, 0.25) is 5.69 Å². The van der Waals surface area contributed by atoms with E-state index in [1.54, 1.807) is 30.3 Å². The molecule has 0 N–H and O–H groups in total. The van der Waals surface area contributed by atoms with Crippen LogP contribution in [0, 0.1) is 5.21 Å². The second kappa shape index (κ2) is 4.47. The van der Waals surface area contributed by atoms with E-state index in [4.69, 9.17) is 11.6 Å². The number of Topliss-reactive ketones (excluding diaryl/α,β-unsaturated/α-hetero) is 1. The molecule has 0 unspecified atom stereocenters. The zero-order valence-corrected chi connectivity index (χ0v) is 11.9. The fourth-order valence-corrected chi connectivity index (χ4v) is 2.65. The van der Waals surface area contributed by atoms with E-state index in [1.165, 1.54) is 6.07 Å². The van der Waals surface area contributed by atoms with Crippen LogP contribution in [-0.4, -0.2) is 16.2 Å². The third-order valence-electron chi connectivity index (χ3n) is 2.94. The van der Waals surface area contributed by atoms with Crippen LogP contribution >= 0.6 is 27.5 Å². The molecular weight excluding hydrogens is 330 g/mol. The average molecular weight is 337 g/mol. The molecule has 0 spiro atoms. The standard InChI is InChI=1S/C14H7BrClNO2/c15-9-3-1-2-8(6-9)13-14(18)11-5-4-10(16)7-12(11)17(13)19/h1-7H. The zero-order valence-electron chi connectivity index (χ0n) is 9.56. The molecule has 2 aromatic carbocycles. The number of halogens is 2. The van der Waals surface area contributed by atoms with Crippen molar-refractivity contribution in [2.24, 2.45) is 0 Å². The minimum Gasteiger partial charge on any atom is -0.618 e. The Morgan fingerprint density at radius 1 is 1.16 bits per heavy atom. The number of hydrogen-bond donors (Lipinski definition) is 0. The SMILES string of the molecule is O=C1C(c2cccc(Br)c2)=[N+]([O-])c2cc(Cl)ccc21. The van der Waals surface area contributed by atoms with Gasteiger partial charge in [-0.05, 0) is 30.3 Å². The Bertz CT molecular complexity index is 740. The number of carbonyl (C=O) groups excluding carboxylic acids is 1. The molecule has 0 aliphatic carbocycles. The van der Waals surface area contributed by atoms with Crippen molar-refractivity contribution in [3.8, 4) is 0 Å². The fraction of sp³-hybridized carbons (Fsp3) is 0. The van der Waals surface area contributed by atoms with Crippen LogP contribution in [0.15, 0.2) is 46.9 Å². The molecule has 5 heteroatoms. The lowest BCUT2D eigenvalue weighted by Crippen LogP contribution is -2.16. The second-order valence-electron chi connectivity index (χ2n) is 4.14. The van der Waals surface area contributed by atoms with Crippen LogP contribution in [0.2, 0.25) is 5.02 Å². The van der Waals surface area contributed by atoms with Gasteiger partial charge in [-0.2, -0.15) is 4.74 Å². The first-order chi connectivity index (χ1) is 9.08. The number of fused-ring (bicyclic) bond motifs is 1. The summed E-state index contributed by atoms with van der Waals surface area (Å²) in [7, 11) is 0. The summed E-state index contributed by atoms with van der Waals surface area (Å²) in [5.41, 5.74) is 1.39. The quantitative estimate of drug-likeness (QED) is 0.585. The van der Waals surface area contributed by atoms with Crippen molar-refractivity contribution in [2.75, 3.05) is 0 Å². The maximum absolute atomic E-state index is 12.3. The summed E-state index contributed by atoms with van der Waals surface area (Å²) in [4.78, 5) is 12.3. The summed E-state index contributed by atoms with van der Waals surface area (Å²) in [6, 6.07) is 11.8. The number of nitrogens with zero attached hydrogens (tertiary/aromatic N) is 1. The van der Waals surface area contributed by atoms with Gasteiger partial charge in [0.15, 0.2) is 0 Å². The zero-order chi connectivity index (χ0) is 13.6.